The van der Waals surface area contributed by atoms with Gasteiger partial charge in [0.05, 0.1) is 0 Å². The fourth-order valence-electron chi connectivity index (χ4n) is 5.97. The van der Waals surface area contributed by atoms with E-state index in [0.29, 0.717) is 6.61 Å². The Morgan fingerprint density at radius 1 is 0.667 bits per heavy atom. The number of phenols is 1. The zero-order valence-electron chi connectivity index (χ0n) is 24.2. The van der Waals surface area contributed by atoms with Crippen molar-refractivity contribution < 1.29 is 19.4 Å². The number of ketones is 1. The van der Waals surface area contributed by atoms with Gasteiger partial charge in [-0.3, -0.25) is 0 Å². The molecule has 1 N–H and O–H groups in total. The SMILES string of the molecule is CC(=O)C(CCCCCCCCOC(=O)c1ccccc1O)P(Br)(c1ccccc1)(c1ccccc1)c1ccccc1. The van der Waals surface area contributed by atoms with Crippen molar-refractivity contribution >= 4 is 48.5 Å². The van der Waals surface area contributed by atoms with Crippen LogP contribution in [-0.4, -0.2) is 29.1 Å². The molecule has 6 heteroatoms. The van der Waals surface area contributed by atoms with Crippen molar-refractivity contribution in [2.75, 3.05) is 6.61 Å². The number of unbranched alkanes of at least 4 members (excludes halogenated alkanes) is 5. The molecule has 4 rings (SSSR count). The van der Waals surface area contributed by atoms with Crippen LogP contribution in [-0.2, 0) is 9.53 Å². The molecule has 0 aliphatic rings. The first-order chi connectivity index (χ1) is 20.4. The summed E-state index contributed by atoms with van der Waals surface area (Å²) in [6.07, 6.45) is 6.59. The average Bonchev–Trinajstić information content (AvgIpc) is 3.03. The third-order valence-electron chi connectivity index (χ3n) is 8.07. The Morgan fingerprint density at radius 2 is 1.10 bits per heavy atom. The van der Waals surface area contributed by atoms with Gasteiger partial charge in [0, 0.05) is 0 Å². The molecule has 1 unspecified atom stereocenters. The van der Waals surface area contributed by atoms with Gasteiger partial charge in [0.15, 0.2) is 0 Å². The third-order valence-corrected chi connectivity index (χ3v) is 19.0. The molecule has 0 aromatic heterocycles. The molecule has 0 fully saturated rings. The number of aromatic hydroxyl groups is 1. The molecular weight excluding hydrogens is 607 g/mol. The number of Topliss-reactive ketones (excluding diaryl/α,β-unsaturated/α-hetero) is 1. The normalized spacial score (nSPS) is 13.0. The van der Waals surface area contributed by atoms with E-state index < -0.39 is 11.3 Å². The van der Waals surface area contributed by atoms with Crippen LogP contribution in [0.2, 0.25) is 0 Å². The predicted octanol–water partition coefficient (Wildman–Crippen LogP) is 8.08. The number of carbonyl (C=O) groups excluding carboxylic acids is 2. The maximum atomic E-state index is 13.7. The molecule has 220 valence electrons. The number of ether oxygens (including phenoxy) is 1. The zero-order chi connectivity index (χ0) is 29.9. The van der Waals surface area contributed by atoms with Crippen molar-refractivity contribution in [3.05, 3.63) is 121 Å². The van der Waals surface area contributed by atoms with Gasteiger partial charge in [-0.2, -0.15) is 0 Å². The first kappa shape index (κ1) is 31.7. The van der Waals surface area contributed by atoms with Gasteiger partial charge in [-0.05, 0) is 12.1 Å². The van der Waals surface area contributed by atoms with E-state index in [4.69, 9.17) is 4.74 Å². The average molecular weight is 648 g/mol. The van der Waals surface area contributed by atoms with E-state index in [1.807, 2.05) is 18.2 Å². The Balaban J connectivity index is 1.43. The fourth-order valence-corrected chi connectivity index (χ4v) is 15.2. The number of phenolic OH excluding ortho intramolecular Hbond substituents is 1. The van der Waals surface area contributed by atoms with Crippen LogP contribution in [0.25, 0.3) is 0 Å². The van der Waals surface area contributed by atoms with Crippen LogP contribution >= 0.6 is 20.8 Å². The summed E-state index contributed by atoms with van der Waals surface area (Å²) >= 11 is 4.48. The van der Waals surface area contributed by atoms with E-state index in [-0.39, 0.29) is 22.8 Å². The molecule has 0 spiro atoms. The van der Waals surface area contributed by atoms with E-state index in [2.05, 4.69) is 88.3 Å². The van der Waals surface area contributed by atoms with Crippen molar-refractivity contribution in [2.45, 2.75) is 57.5 Å². The second-order valence-corrected chi connectivity index (χ2v) is 19.5. The van der Waals surface area contributed by atoms with Crippen LogP contribution in [0.15, 0.2) is 115 Å². The minimum atomic E-state index is -3.38. The molecule has 1 atom stereocenters. The van der Waals surface area contributed by atoms with Gasteiger partial charge < -0.3 is 5.11 Å². The second kappa shape index (κ2) is 14.8. The summed E-state index contributed by atoms with van der Waals surface area (Å²) in [6.45, 7) is 2.08. The molecule has 4 aromatic carbocycles. The zero-order valence-corrected chi connectivity index (χ0v) is 26.7. The van der Waals surface area contributed by atoms with Crippen molar-refractivity contribution in [1.29, 1.82) is 0 Å². The number of rotatable bonds is 15. The third kappa shape index (κ3) is 6.69. The van der Waals surface area contributed by atoms with Gasteiger partial charge in [-0.25, -0.2) is 0 Å². The van der Waals surface area contributed by atoms with Crippen LogP contribution in [0.4, 0.5) is 0 Å². The van der Waals surface area contributed by atoms with E-state index >= 15 is 0 Å². The molecule has 0 heterocycles. The van der Waals surface area contributed by atoms with Crippen molar-refractivity contribution in [1.82, 2.24) is 0 Å². The molecule has 0 bridgehead atoms. The summed E-state index contributed by atoms with van der Waals surface area (Å²) in [5, 5.41) is 9.94. The summed E-state index contributed by atoms with van der Waals surface area (Å²) in [7, 11) is 0. The molecule has 4 aromatic rings. The van der Waals surface area contributed by atoms with Gasteiger partial charge in [-0.15, -0.1) is 0 Å². The maximum absolute atomic E-state index is 13.7. The van der Waals surface area contributed by atoms with E-state index in [1.54, 1.807) is 25.1 Å². The summed E-state index contributed by atoms with van der Waals surface area (Å²) in [5.41, 5.74) is -0.0139. The summed E-state index contributed by atoms with van der Waals surface area (Å²) in [6, 6.07) is 38.0. The second-order valence-electron chi connectivity index (χ2n) is 10.8. The summed E-state index contributed by atoms with van der Waals surface area (Å²) < 4.78 is 5.33. The number of esters is 1. The number of carbonyl (C=O) groups is 2. The van der Waals surface area contributed by atoms with Gasteiger partial charge >= 0.3 is 223 Å². The minimum absolute atomic E-state index is 0.0599. The molecule has 0 aliphatic carbocycles. The molecule has 4 nitrogen and oxygen atoms in total. The van der Waals surface area contributed by atoms with Crippen molar-refractivity contribution in [3.8, 4) is 5.75 Å². The first-order valence-corrected chi connectivity index (χ1v) is 19.1. The van der Waals surface area contributed by atoms with Crippen LogP contribution < -0.4 is 15.9 Å². The van der Waals surface area contributed by atoms with Crippen LogP contribution in [0, 0.1) is 0 Å². The Labute approximate surface area is 257 Å². The Kier molecular flexibility index (Phi) is 11.1. The topological polar surface area (TPSA) is 63.6 Å². The molecule has 0 aliphatic heterocycles. The van der Waals surface area contributed by atoms with Crippen molar-refractivity contribution in [2.24, 2.45) is 0 Å². The van der Waals surface area contributed by atoms with Crippen LogP contribution in [0.5, 0.6) is 5.75 Å². The quantitative estimate of drug-likeness (QED) is 0.0806. The van der Waals surface area contributed by atoms with E-state index in [0.717, 1.165) is 44.9 Å². The molecule has 0 saturated heterocycles. The van der Waals surface area contributed by atoms with Gasteiger partial charge in [-0.1, -0.05) is 12.1 Å². The summed E-state index contributed by atoms with van der Waals surface area (Å²) in [5.74, 6) is -0.350. The monoisotopic (exact) mass is 646 g/mol. The molecule has 0 radical (unpaired) electrons. The van der Waals surface area contributed by atoms with Crippen molar-refractivity contribution in [3.63, 3.8) is 0 Å². The number of hydrogen-bond acceptors (Lipinski definition) is 4. The summed E-state index contributed by atoms with van der Waals surface area (Å²) in [4.78, 5) is 25.8. The Bertz CT molecular complexity index is 1340. The van der Waals surface area contributed by atoms with E-state index in [9.17, 15) is 14.7 Å². The van der Waals surface area contributed by atoms with Gasteiger partial charge in [0.2, 0.25) is 0 Å². The van der Waals surface area contributed by atoms with Crippen LogP contribution in [0.3, 0.4) is 0 Å². The van der Waals surface area contributed by atoms with E-state index in [1.165, 1.54) is 22.0 Å². The molecular formula is C36H40BrO4P. The molecule has 0 saturated carbocycles. The number of halogens is 1. The fraction of sp³-hybridized carbons (Fsp3) is 0.278. The van der Waals surface area contributed by atoms with Crippen LogP contribution in [0.1, 0.15) is 62.2 Å². The van der Waals surface area contributed by atoms with Gasteiger partial charge in [0.1, 0.15) is 5.75 Å². The van der Waals surface area contributed by atoms with Gasteiger partial charge in [0.25, 0.3) is 0 Å². The molecule has 42 heavy (non-hydrogen) atoms. The Hall–Kier alpha value is -3.27. The first-order valence-electron chi connectivity index (χ1n) is 14.7. The molecule has 0 amide bonds. The number of hydrogen-bond donors (Lipinski definition) is 1. The Morgan fingerprint density at radius 3 is 1.57 bits per heavy atom. The number of para-hydroxylation sites is 1. The number of benzene rings is 4. The predicted molar refractivity (Wildman–Crippen MR) is 179 cm³/mol. The standard InChI is InChI=1S/C36H40BrO4P/c1-29(38)35(27-15-4-2-3-5-18-28-41-36(40)33-25-16-17-26-34(33)39)42(37,30-19-9-6-10-20-30,31-21-11-7-12-22-31)32-23-13-8-14-24-32/h6-14,16-17,19-26,35,39H,2-5,15,18,27-28H2,1H3.